The normalized spacial score (nSPS) is 17.7. The highest BCUT2D eigenvalue weighted by molar-refractivity contribution is 5.76. The van der Waals surface area contributed by atoms with Crippen molar-refractivity contribution in [1.82, 2.24) is 19.9 Å². The highest BCUT2D eigenvalue weighted by atomic mass is 16.2. The van der Waals surface area contributed by atoms with E-state index in [9.17, 15) is 4.79 Å². The summed E-state index contributed by atoms with van der Waals surface area (Å²) >= 11 is 0. The summed E-state index contributed by atoms with van der Waals surface area (Å²) in [6, 6.07) is 5.81. The number of aryl methyl sites for hydroxylation is 2. The van der Waals surface area contributed by atoms with E-state index in [0.29, 0.717) is 6.42 Å². The summed E-state index contributed by atoms with van der Waals surface area (Å²) in [5, 5.41) is 0. The fraction of sp³-hybridized carbons (Fsp3) is 0.412. The van der Waals surface area contributed by atoms with Gasteiger partial charge in [-0.05, 0) is 37.5 Å². The van der Waals surface area contributed by atoms with E-state index in [1.165, 1.54) is 0 Å². The molecule has 3 heterocycles. The van der Waals surface area contributed by atoms with Crippen LogP contribution in [0.25, 0.3) is 0 Å². The molecular weight excluding hydrogens is 276 g/mol. The van der Waals surface area contributed by atoms with Crippen molar-refractivity contribution in [2.75, 3.05) is 13.1 Å². The van der Waals surface area contributed by atoms with Gasteiger partial charge in [-0.25, -0.2) is 9.97 Å². The van der Waals surface area contributed by atoms with Gasteiger partial charge in [0.2, 0.25) is 5.91 Å². The van der Waals surface area contributed by atoms with Crippen LogP contribution in [-0.4, -0.2) is 38.8 Å². The maximum atomic E-state index is 12.3. The van der Waals surface area contributed by atoms with Gasteiger partial charge >= 0.3 is 0 Å². The van der Waals surface area contributed by atoms with Crippen LogP contribution in [0.3, 0.4) is 0 Å². The second-order valence-corrected chi connectivity index (χ2v) is 5.74. The highest BCUT2D eigenvalue weighted by Gasteiger charge is 2.28. The SMILES string of the molecule is Cc1ccnc(C2CCN(C(=O)CCc3cccnc3)C2)n1. The van der Waals surface area contributed by atoms with Crippen molar-refractivity contribution in [1.29, 1.82) is 0 Å². The lowest BCUT2D eigenvalue weighted by molar-refractivity contribution is -0.130. The Balaban J connectivity index is 1.55. The van der Waals surface area contributed by atoms with Crippen LogP contribution >= 0.6 is 0 Å². The lowest BCUT2D eigenvalue weighted by Crippen LogP contribution is -2.28. The monoisotopic (exact) mass is 296 g/mol. The van der Waals surface area contributed by atoms with Gasteiger partial charge in [-0.1, -0.05) is 6.07 Å². The zero-order chi connectivity index (χ0) is 15.4. The Labute approximate surface area is 130 Å². The molecule has 5 nitrogen and oxygen atoms in total. The first-order chi connectivity index (χ1) is 10.7. The van der Waals surface area contributed by atoms with Crippen molar-refractivity contribution in [3.05, 3.63) is 53.9 Å². The number of likely N-dealkylation sites (tertiary alicyclic amines) is 1. The molecule has 0 spiro atoms. The summed E-state index contributed by atoms with van der Waals surface area (Å²) in [4.78, 5) is 27.2. The largest absolute Gasteiger partial charge is 0.342 e. The van der Waals surface area contributed by atoms with Gasteiger partial charge in [-0.2, -0.15) is 0 Å². The molecule has 2 aromatic heterocycles. The van der Waals surface area contributed by atoms with Gasteiger partial charge in [-0.15, -0.1) is 0 Å². The van der Waals surface area contributed by atoms with Gasteiger partial charge in [0.15, 0.2) is 0 Å². The number of amides is 1. The Morgan fingerprint density at radius 1 is 1.36 bits per heavy atom. The van der Waals surface area contributed by atoms with Crippen molar-refractivity contribution >= 4 is 5.91 Å². The third kappa shape index (κ3) is 3.47. The van der Waals surface area contributed by atoms with Crippen LogP contribution in [0, 0.1) is 6.92 Å². The number of rotatable bonds is 4. The third-order valence-corrected chi connectivity index (χ3v) is 4.07. The molecule has 1 unspecified atom stereocenters. The Morgan fingerprint density at radius 2 is 2.27 bits per heavy atom. The van der Waals surface area contributed by atoms with Crippen LogP contribution < -0.4 is 0 Å². The summed E-state index contributed by atoms with van der Waals surface area (Å²) in [5.41, 5.74) is 2.08. The van der Waals surface area contributed by atoms with E-state index < -0.39 is 0 Å². The van der Waals surface area contributed by atoms with E-state index >= 15 is 0 Å². The van der Waals surface area contributed by atoms with Gasteiger partial charge in [-0.3, -0.25) is 9.78 Å². The molecule has 0 saturated carbocycles. The molecule has 1 aliphatic heterocycles. The predicted octanol–water partition coefficient (Wildman–Crippen LogP) is 2.13. The topological polar surface area (TPSA) is 59.0 Å². The van der Waals surface area contributed by atoms with Gasteiger partial charge in [0.05, 0.1) is 0 Å². The number of carbonyl (C=O) groups is 1. The fourth-order valence-corrected chi connectivity index (χ4v) is 2.82. The van der Waals surface area contributed by atoms with Crippen molar-refractivity contribution in [3.8, 4) is 0 Å². The Morgan fingerprint density at radius 3 is 3.05 bits per heavy atom. The predicted molar refractivity (Wildman–Crippen MR) is 83.3 cm³/mol. The first-order valence-corrected chi connectivity index (χ1v) is 7.68. The fourth-order valence-electron chi connectivity index (χ4n) is 2.82. The molecule has 1 amide bonds. The van der Waals surface area contributed by atoms with E-state index in [0.717, 1.165) is 43.0 Å². The molecule has 0 aromatic carbocycles. The summed E-state index contributed by atoms with van der Waals surface area (Å²) < 4.78 is 0. The van der Waals surface area contributed by atoms with Crippen LogP contribution in [-0.2, 0) is 11.2 Å². The quantitative estimate of drug-likeness (QED) is 0.867. The number of pyridine rings is 1. The summed E-state index contributed by atoms with van der Waals surface area (Å²) in [7, 11) is 0. The Bertz CT molecular complexity index is 644. The van der Waals surface area contributed by atoms with Crippen LogP contribution in [0.1, 0.15) is 35.8 Å². The molecule has 1 fully saturated rings. The molecule has 1 saturated heterocycles. The number of carbonyl (C=O) groups excluding carboxylic acids is 1. The summed E-state index contributed by atoms with van der Waals surface area (Å²) in [6.07, 6.45) is 7.59. The summed E-state index contributed by atoms with van der Waals surface area (Å²) in [5.74, 6) is 1.34. The molecule has 3 rings (SSSR count). The van der Waals surface area contributed by atoms with Crippen LogP contribution in [0.5, 0.6) is 0 Å². The van der Waals surface area contributed by atoms with E-state index in [-0.39, 0.29) is 11.8 Å². The maximum absolute atomic E-state index is 12.3. The lowest BCUT2D eigenvalue weighted by atomic mass is 10.1. The second kappa shape index (κ2) is 6.64. The van der Waals surface area contributed by atoms with Crippen LogP contribution in [0.4, 0.5) is 0 Å². The van der Waals surface area contributed by atoms with E-state index in [4.69, 9.17) is 0 Å². The minimum atomic E-state index is 0.207. The first kappa shape index (κ1) is 14.6. The first-order valence-electron chi connectivity index (χ1n) is 7.68. The number of aromatic nitrogens is 3. The van der Waals surface area contributed by atoms with Crippen molar-refractivity contribution < 1.29 is 4.79 Å². The van der Waals surface area contributed by atoms with Gasteiger partial charge in [0.1, 0.15) is 5.82 Å². The molecule has 1 atom stereocenters. The Kier molecular flexibility index (Phi) is 4.42. The van der Waals surface area contributed by atoms with E-state index in [2.05, 4.69) is 15.0 Å². The van der Waals surface area contributed by atoms with Crippen LogP contribution in [0.15, 0.2) is 36.8 Å². The molecular formula is C17H20N4O. The number of hydrogen-bond acceptors (Lipinski definition) is 4. The Hall–Kier alpha value is -2.30. The van der Waals surface area contributed by atoms with Crippen LogP contribution in [0.2, 0.25) is 0 Å². The third-order valence-electron chi connectivity index (χ3n) is 4.07. The highest BCUT2D eigenvalue weighted by Crippen LogP contribution is 2.25. The average molecular weight is 296 g/mol. The van der Waals surface area contributed by atoms with E-state index in [1.807, 2.05) is 36.2 Å². The molecule has 5 heteroatoms. The molecule has 0 N–H and O–H groups in total. The van der Waals surface area contributed by atoms with Gasteiger partial charge < -0.3 is 4.90 Å². The van der Waals surface area contributed by atoms with Crippen molar-refractivity contribution in [3.63, 3.8) is 0 Å². The summed E-state index contributed by atoms with van der Waals surface area (Å²) in [6.45, 7) is 3.50. The molecule has 1 aliphatic rings. The minimum Gasteiger partial charge on any atom is -0.342 e. The molecule has 0 radical (unpaired) electrons. The number of nitrogens with zero attached hydrogens (tertiary/aromatic N) is 4. The zero-order valence-corrected chi connectivity index (χ0v) is 12.8. The minimum absolute atomic E-state index is 0.207. The molecule has 0 aliphatic carbocycles. The van der Waals surface area contributed by atoms with Crippen molar-refractivity contribution in [2.24, 2.45) is 0 Å². The smallest absolute Gasteiger partial charge is 0.222 e. The maximum Gasteiger partial charge on any atom is 0.222 e. The van der Waals surface area contributed by atoms with Gasteiger partial charge in [0, 0.05) is 49.7 Å². The van der Waals surface area contributed by atoms with E-state index in [1.54, 1.807) is 12.4 Å². The second-order valence-electron chi connectivity index (χ2n) is 5.74. The number of hydrogen-bond donors (Lipinski definition) is 0. The molecule has 114 valence electrons. The van der Waals surface area contributed by atoms with Gasteiger partial charge in [0.25, 0.3) is 0 Å². The van der Waals surface area contributed by atoms with Crippen molar-refractivity contribution in [2.45, 2.75) is 32.1 Å². The molecule has 0 bridgehead atoms. The molecule has 22 heavy (non-hydrogen) atoms. The average Bonchev–Trinajstić information content (AvgIpc) is 3.04. The molecule has 2 aromatic rings. The zero-order valence-electron chi connectivity index (χ0n) is 12.8. The lowest BCUT2D eigenvalue weighted by Gasteiger charge is -2.16. The standard InChI is InChI=1S/C17H20N4O/c1-13-6-9-19-17(20-13)15-7-10-21(12-15)16(22)5-4-14-3-2-8-18-11-14/h2-3,6,8-9,11,15H,4-5,7,10,12H2,1H3.